The summed E-state index contributed by atoms with van der Waals surface area (Å²) in [4.78, 5) is 18.2. The number of carbonyl (C=O) groups excluding carboxylic acids is 1. The molecule has 2 heterocycles. The van der Waals surface area contributed by atoms with Crippen LogP contribution in [-0.2, 0) is 0 Å². The largest absolute Gasteiger partial charge is 0.495 e. The number of para-hydroxylation sites is 2. The molecule has 190 valence electrons. The first kappa shape index (κ1) is 24.6. The highest BCUT2D eigenvalue weighted by atomic mass is 16.5. The fourth-order valence-electron chi connectivity index (χ4n) is 4.91. The van der Waals surface area contributed by atoms with E-state index in [9.17, 15) is 4.79 Å². The summed E-state index contributed by atoms with van der Waals surface area (Å²) >= 11 is 0. The Labute approximate surface area is 219 Å². The van der Waals surface area contributed by atoms with Gasteiger partial charge in [-0.25, -0.2) is 4.68 Å². The molecule has 0 radical (unpaired) electrons. The standard InChI is InChI=1S/C31H34N4O2/c1-21-10-11-23(3)28(18-21)35-29(20-26(32-35)25-13-12-22(2)24(4)19-25)31(36)34-16-14-33(15-17-34)27-8-6-7-9-30(27)37-5/h6-13,18-20H,14-17H2,1-5H3. The van der Waals surface area contributed by atoms with Gasteiger partial charge in [-0.05, 0) is 80.3 Å². The molecule has 6 nitrogen and oxygen atoms in total. The summed E-state index contributed by atoms with van der Waals surface area (Å²) in [6.45, 7) is 11.1. The van der Waals surface area contributed by atoms with Crippen LogP contribution in [0, 0.1) is 27.7 Å². The lowest BCUT2D eigenvalue weighted by atomic mass is 10.0. The van der Waals surface area contributed by atoms with E-state index in [1.54, 1.807) is 7.11 Å². The minimum atomic E-state index is 0.00293. The second-order valence-electron chi connectivity index (χ2n) is 9.87. The number of ether oxygens (including phenoxy) is 1. The van der Waals surface area contributed by atoms with Gasteiger partial charge in [-0.2, -0.15) is 5.10 Å². The average molecular weight is 495 g/mol. The zero-order valence-corrected chi connectivity index (χ0v) is 22.3. The van der Waals surface area contributed by atoms with Crippen molar-refractivity contribution in [3.63, 3.8) is 0 Å². The number of hydrogen-bond acceptors (Lipinski definition) is 4. The third-order valence-corrected chi connectivity index (χ3v) is 7.32. The molecule has 1 aliphatic rings. The Hall–Kier alpha value is -4.06. The first-order valence-electron chi connectivity index (χ1n) is 12.8. The van der Waals surface area contributed by atoms with Gasteiger partial charge in [0.15, 0.2) is 0 Å². The summed E-state index contributed by atoms with van der Waals surface area (Å²) in [6, 6.07) is 22.6. The third kappa shape index (κ3) is 4.84. The van der Waals surface area contributed by atoms with Gasteiger partial charge in [-0.15, -0.1) is 0 Å². The molecule has 0 atom stereocenters. The van der Waals surface area contributed by atoms with Crippen LogP contribution in [0.2, 0.25) is 0 Å². The number of anilines is 1. The number of piperazine rings is 1. The van der Waals surface area contributed by atoms with Gasteiger partial charge in [0, 0.05) is 31.7 Å². The van der Waals surface area contributed by atoms with Gasteiger partial charge in [-0.3, -0.25) is 4.79 Å². The number of nitrogens with zero attached hydrogens (tertiary/aromatic N) is 4. The van der Waals surface area contributed by atoms with Crippen LogP contribution < -0.4 is 9.64 Å². The Kier molecular flexibility index (Phi) is 6.74. The zero-order valence-electron chi connectivity index (χ0n) is 22.3. The number of amides is 1. The van der Waals surface area contributed by atoms with Gasteiger partial charge in [-0.1, -0.05) is 36.4 Å². The molecule has 5 rings (SSSR count). The minimum Gasteiger partial charge on any atom is -0.495 e. The fraction of sp³-hybridized carbons (Fsp3) is 0.290. The van der Waals surface area contributed by atoms with Crippen LogP contribution in [0.4, 0.5) is 5.69 Å². The van der Waals surface area contributed by atoms with Crippen molar-refractivity contribution in [1.82, 2.24) is 14.7 Å². The summed E-state index contributed by atoms with van der Waals surface area (Å²) in [6.07, 6.45) is 0. The van der Waals surface area contributed by atoms with E-state index in [2.05, 4.69) is 75.1 Å². The summed E-state index contributed by atoms with van der Waals surface area (Å²) in [5.74, 6) is 0.858. The van der Waals surface area contributed by atoms with E-state index < -0.39 is 0 Å². The first-order valence-corrected chi connectivity index (χ1v) is 12.8. The highest BCUT2D eigenvalue weighted by Gasteiger charge is 2.27. The molecule has 1 aromatic heterocycles. The van der Waals surface area contributed by atoms with E-state index in [-0.39, 0.29) is 5.91 Å². The van der Waals surface area contributed by atoms with Crippen molar-refractivity contribution in [2.45, 2.75) is 27.7 Å². The van der Waals surface area contributed by atoms with Crippen molar-refractivity contribution in [3.8, 4) is 22.7 Å². The lowest BCUT2D eigenvalue weighted by molar-refractivity contribution is 0.0737. The van der Waals surface area contributed by atoms with Crippen LogP contribution in [0.15, 0.2) is 66.7 Å². The SMILES string of the molecule is COc1ccccc1N1CCN(C(=O)c2cc(-c3ccc(C)c(C)c3)nn2-c2cc(C)ccc2C)CC1. The number of methoxy groups -OCH3 is 1. The van der Waals surface area contributed by atoms with Crippen LogP contribution in [-0.4, -0.2) is 53.9 Å². The van der Waals surface area contributed by atoms with E-state index in [1.807, 2.05) is 33.8 Å². The van der Waals surface area contributed by atoms with Gasteiger partial charge < -0.3 is 14.5 Å². The molecule has 0 saturated carbocycles. The topological polar surface area (TPSA) is 50.6 Å². The van der Waals surface area contributed by atoms with Gasteiger partial charge in [0.2, 0.25) is 0 Å². The number of aryl methyl sites for hydroxylation is 4. The van der Waals surface area contributed by atoms with Crippen LogP contribution in [0.25, 0.3) is 16.9 Å². The number of rotatable bonds is 5. The lowest BCUT2D eigenvalue weighted by Crippen LogP contribution is -2.49. The van der Waals surface area contributed by atoms with Crippen molar-refractivity contribution in [2.24, 2.45) is 0 Å². The molecule has 1 saturated heterocycles. The maximum Gasteiger partial charge on any atom is 0.272 e. The molecule has 0 aliphatic carbocycles. The molecule has 1 fully saturated rings. The van der Waals surface area contributed by atoms with E-state index in [1.165, 1.54) is 11.1 Å². The van der Waals surface area contributed by atoms with Crippen molar-refractivity contribution in [1.29, 1.82) is 0 Å². The van der Waals surface area contributed by atoms with Crippen molar-refractivity contribution < 1.29 is 9.53 Å². The van der Waals surface area contributed by atoms with Gasteiger partial charge in [0.25, 0.3) is 5.91 Å². The first-order chi connectivity index (χ1) is 17.9. The molecular formula is C31H34N4O2. The molecular weight excluding hydrogens is 460 g/mol. The predicted octanol–water partition coefficient (Wildman–Crippen LogP) is 5.74. The van der Waals surface area contributed by atoms with Gasteiger partial charge in [0.05, 0.1) is 24.2 Å². The Bertz CT molecular complexity index is 1450. The fourth-order valence-corrected chi connectivity index (χ4v) is 4.91. The molecule has 1 aliphatic heterocycles. The Morgan fingerprint density at radius 1 is 0.784 bits per heavy atom. The summed E-state index contributed by atoms with van der Waals surface area (Å²) < 4.78 is 7.39. The Morgan fingerprint density at radius 3 is 2.24 bits per heavy atom. The van der Waals surface area contributed by atoms with E-state index in [0.29, 0.717) is 18.8 Å². The van der Waals surface area contributed by atoms with Crippen molar-refractivity contribution in [2.75, 3.05) is 38.2 Å². The van der Waals surface area contributed by atoms with Crippen LogP contribution in [0.3, 0.4) is 0 Å². The molecule has 0 spiro atoms. The second-order valence-corrected chi connectivity index (χ2v) is 9.87. The Morgan fingerprint density at radius 2 is 1.51 bits per heavy atom. The second kappa shape index (κ2) is 10.1. The molecule has 37 heavy (non-hydrogen) atoms. The number of benzene rings is 3. The highest BCUT2D eigenvalue weighted by Crippen LogP contribution is 2.30. The zero-order chi connectivity index (χ0) is 26.1. The molecule has 4 aromatic rings. The van der Waals surface area contributed by atoms with Gasteiger partial charge in [0.1, 0.15) is 11.4 Å². The third-order valence-electron chi connectivity index (χ3n) is 7.32. The van der Waals surface area contributed by atoms with Crippen molar-refractivity contribution in [3.05, 3.63) is 94.7 Å². The smallest absolute Gasteiger partial charge is 0.272 e. The monoisotopic (exact) mass is 494 g/mol. The van der Waals surface area contributed by atoms with E-state index in [0.717, 1.165) is 52.6 Å². The molecule has 0 N–H and O–H groups in total. The quantitative estimate of drug-likeness (QED) is 0.355. The van der Waals surface area contributed by atoms with E-state index in [4.69, 9.17) is 9.84 Å². The average Bonchev–Trinajstić information content (AvgIpc) is 3.36. The van der Waals surface area contributed by atoms with Crippen molar-refractivity contribution >= 4 is 11.6 Å². The van der Waals surface area contributed by atoms with Crippen LogP contribution >= 0.6 is 0 Å². The maximum atomic E-state index is 13.9. The van der Waals surface area contributed by atoms with Crippen LogP contribution in [0.1, 0.15) is 32.7 Å². The van der Waals surface area contributed by atoms with E-state index >= 15 is 0 Å². The highest BCUT2D eigenvalue weighted by molar-refractivity contribution is 5.94. The van der Waals surface area contributed by atoms with Crippen LogP contribution in [0.5, 0.6) is 5.75 Å². The maximum absolute atomic E-state index is 13.9. The molecule has 1 amide bonds. The normalized spacial score (nSPS) is 13.6. The summed E-state index contributed by atoms with van der Waals surface area (Å²) in [5.41, 5.74) is 9.07. The Balaban J connectivity index is 1.48. The van der Waals surface area contributed by atoms with Gasteiger partial charge >= 0.3 is 0 Å². The number of aromatic nitrogens is 2. The molecule has 0 unspecified atom stereocenters. The summed E-state index contributed by atoms with van der Waals surface area (Å²) in [7, 11) is 1.69. The minimum absolute atomic E-state index is 0.00293. The summed E-state index contributed by atoms with van der Waals surface area (Å²) in [5, 5.41) is 4.97. The lowest BCUT2D eigenvalue weighted by Gasteiger charge is -2.36. The molecule has 0 bridgehead atoms. The predicted molar refractivity (Wildman–Crippen MR) is 149 cm³/mol. The number of carbonyl (C=O) groups is 1. The number of hydrogen-bond donors (Lipinski definition) is 0. The molecule has 3 aromatic carbocycles. The molecule has 6 heteroatoms.